The molecule has 0 fully saturated rings. The molecule has 5 heteroatoms. The molecule has 0 radical (unpaired) electrons. The van der Waals surface area contributed by atoms with Crippen molar-refractivity contribution in [2.24, 2.45) is 10.8 Å². The second kappa shape index (κ2) is 11.6. The third-order valence-corrected chi connectivity index (χ3v) is 8.14. The summed E-state index contributed by atoms with van der Waals surface area (Å²) in [6.45, 7) is 17.9. The molecule has 0 aromatic carbocycles. The molecular weight excluding hydrogens is 362 g/mol. The molecule has 0 spiro atoms. The molecule has 0 aliphatic carbocycles. The van der Waals surface area contributed by atoms with Crippen molar-refractivity contribution in [1.82, 2.24) is 5.32 Å². The molecule has 154 valence electrons. The summed E-state index contributed by atoms with van der Waals surface area (Å²) < 4.78 is 0.0825. The van der Waals surface area contributed by atoms with Crippen LogP contribution < -0.4 is 5.32 Å². The smallest absolute Gasteiger partial charge is 0.220 e. The van der Waals surface area contributed by atoms with E-state index >= 15 is 0 Å². The van der Waals surface area contributed by atoms with Gasteiger partial charge in [-0.3, -0.25) is 9.59 Å². The van der Waals surface area contributed by atoms with Crippen molar-refractivity contribution in [3.63, 3.8) is 0 Å². The first-order valence-electron chi connectivity index (χ1n) is 9.90. The summed E-state index contributed by atoms with van der Waals surface area (Å²) in [6, 6.07) is 0. The van der Waals surface area contributed by atoms with E-state index in [0.717, 1.165) is 38.0 Å². The molecule has 0 saturated carbocycles. The maximum absolute atomic E-state index is 12.3. The summed E-state index contributed by atoms with van der Waals surface area (Å²) in [5.41, 5.74) is 0.0628. The number of ketones is 1. The number of hydrogen-bond donors (Lipinski definition) is 1. The molecule has 0 bridgehead atoms. The Labute approximate surface area is 170 Å². The molecule has 0 aromatic heterocycles. The lowest BCUT2D eigenvalue weighted by molar-refractivity contribution is -0.127. The van der Waals surface area contributed by atoms with Gasteiger partial charge in [-0.15, -0.1) is 0 Å². The highest BCUT2D eigenvalue weighted by Crippen LogP contribution is 2.40. The van der Waals surface area contributed by atoms with E-state index in [1.807, 2.05) is 35.4 Å². The fraction of sp³-hybridized carbons (Fsp3) is 0.905. The van der Waals surface area contributed by atoms with Crippen LogP contribution in [0.5, 0.6) is 0 Å². The van der Waals surface area contributed by atoms with Crippen molar-refractivity contribution >= 4 is 33.3 Å². The number of hydrogen-bond acceptors (Lipinski definition) is 4. The van der Waals surface area contributed by atoms with E-state index in [-0.39, 0.29) is 21.5 Å². The normalized spacial score (nSPS) is 12.9. The second-order valence-corrected chi connectivity index (χ2v) is 12.7. The van der Waals surface area contributed by atoms with Gasteiger partial charge in [0.15, 0.2) is 0 Å². The van der Waals surface area contributed by atoms with Crippen LogP contribution in [-0.2, 0) is 9.59 Å². The molecule has 26 heavy (non-hydrogen) atoms. The zero-order valence-electron chi connectivity index (χ0n) is 18.3. The summed E-state index contributed by atoms with van der Waals surface area (Å²) in [6.07, 6.45) is 4.95. The lowest BCUT2D eigenvalue weighted by atomic mass is 9.82. The standard InChI is InChI=1S/C21H41NO2S2/c1-9-20(5,6)17(23)12-13-21(7,8)26-25-16-10-11-18(24)22-15-14-19(2,3)4/h9-16H2,1-8H3,(H,22,24). The minimum Gasteiger partial charge on any atom is -0.356 e. The van der Waals surface area contributed by atoms with Gasteiger partial charge in [-0.05, 0) is 44.9 Å². The summed E-state index contributed by atoms with van der Waals surface area (Å²) >= 11 is 0. The third-order valence-electron chi connectivity index (χ3n) is 4.71. The Morgan fingerprint density at radius 2 is 1.54 bits per heavy atom. The molecule has 0 aliphatic rings. The maximum Gasteiger partial charge on any atom is 0.220 e. The summed E-state index contributed by atoms with van der Waals surface area (Å²) in [5, 5.41) is 3.01. The minimum absolute atomic E-state index is 0.0825. The van der Waals surface area contributed by atoms with E-state index in [0.29, 0.717) is 18.6 Å². The van der Waals surface area contributed by atoms with Crippen molar-refractivity contribution in [3.8, 4) is 0 Å². The first-order chi connectivity index (χ1) is 11.8. The van der Waals surface area contributed by atoms with Gasteiger partial charge in [0, 0.05) is 35.3 Å². The van der Waals surface area contributed by atoms with Crippen molar-refractivity contribution in [1.29, 1.82) is 0 Å². The zero-order valence-corrected chi connectivity index (χ0v) is 19.9. The molecule has 1 N–H and O–H groups in total. The van der Waals surface area contributed by atoms with Gasteiger partial charge in [0.2, 0.25) is 5.91 Å². The molecule has 0 aliphatic heterocycles. The molecule has 0 rings (SSSR count). The van der Waals surface area contributed by atoms with Gasteiger partial charge in [-0.2, -0.15) is 0 Å². The average Bonchev–Trinajstić information content (AvgIpc) is 2.50. The number of amides is 1. The molecule has 0 atom stereocenters. The first kappa shape index (κ1) is 25.8. The van der Waals surface area contributed by atoms with Crippen LogP contribution in [0.4, 0.5) is 0 Å². The number of Topliss-reactive ketones (excluding diaryl/α,β-unsaturated/α-hetero) is 1. The Bertz CT molecular complexity index is 440. The van der Waals surface area contributed by atoms with Gasteiger partial charge in [0.05, 0.1) is 0 Å². The van der Waals surface area contributed by atoms with Gasteiger partial charge in [0.25, 0.3) is 0 Å². The molecule has 3 nitrogen and oxygen atoms in total. The van der Waals surface area contributed by atoms with Crippen molar-refractivity contribution in [2.45, 2.75) is 98.7 Å². The Kier molecular flexibility index (Phi) is 11.6. The minimum atomic E-state index is -0.200. The number of carbonyl (C=O) groups excluding carboxylic acids is 2. The van der Waals surface area contributed by atoms with Crippen LogP contribution >= 0.6 is 21.6 Å². The Balaban J connectivity index is 3.88. The van der Waals surface area contributed by atoms with Crippen LogP contribution in [-0.4, -0.2) is 28.7 Å². The molecule has 0 aromatic rings. The number of rotatable bonds is 13. The Morgan fingerprint density at radius 1 is 0.923 bits per heavy atom. The largest absolute Gasteiger partial charge is 0.356 e. The van der Waals surface area contributed by atoms with Crippen LogP contribution in [0.1, 0.15) is 93.9 Å². The topological polar surface area (TPSA) is 46.2 Å². The van der Waals surface area contributed by atoms with Gasteiger partial charge >= 0.3 is 0 Å². The highest BCUT2D eigenvalue weighted by atomic mass is 33.1. The molecular formula is C21H41NO2S2. The zero-order chi connectivity index (χ0) is 20.4. The highest BCUT2D eigenvalue weighted by molar-refractivity contribution is 8.77. The van der Waals surface area contributed by atoms with Crippen LogP contribution in [0.3, 0.4) is 0 Å². The third kappa shape index (κ3) is 13.1. The van der Waals surface area contributed by atoms with Gasteiger partial charge < -0.3 is 5.32 Å². The monoisotopic (exact) mass is 403 g/mol. The molecule has 0 saturated heterocycles. The highest BCUT2D eigenvalue weighted by Gasteiger charge is 2.28. The average molecular weight is 404 g/mol. The van der Waals surface area contributed by atoms with Gasteiger partial charge in [-0.25, -0.2) is 0 Å². The fourth-order valence-electron chi connectivity index (χ4n) is 2.15. The molecule has 1 amide bonds. The predicted octanol–water partition coefficient (Wildman–Crippen LogP) is 6.26. The van der Waals surface area contributed by atoms with Crippen LogP contribution in [0, 0.1) is 10.8 Å². The van der Waals surface area contributed by atoms with E-state index in [1.165, 1.54) is 0 Å². The van der Waals surface area contributed by atoms with E-state index in [4.69, 9.17) is 0 Å². The quantitative estimate of drug-likeness (QED) is 0.291. The van der Waals surface area contributed by atoms with Crippen molar-refractivity contribution in [3.05, 3.63) is 0 Å². The number of carbonyl (C=O) groups is 2. The van der Waals surface area contributed by atoms with Crippen LogP contribution in [0.2, 0.25) is 0 Å². The summed E-state index contributed by atoms with van der Waals surface area (Å²) in [4.78, 5) is 24.1. The maximum atomic E-state index is 12.3. The first-order valence-corrected chi connectivity index (χ1v) is 12.2. The van der Waals surface area contributed by atoms with Gasteiger partial charge in [-0.1, -0.05) is 63.1 Å². The predicted molar refractivity (Wildman–Crippen MR) is 119 cm³/mol. The lowest BCUT2D eigenvalue weighted by Gasteiger charge is -2.26. The molecule has 0 unspecified atom stereocenters. The summed E-state index contributed by atoms with van der Waals surface area (Å²) in [7, 11) is 3.67. The number of nitrogens with one attached hydrogen (secondary N) is 1. The van der Waals surface area contributed by atoms with Gasteiger partial charge in [0.1, 0.15) is 5.78 Å². The Morgan fingerprint density at radius 3 is 2.08 bits per heavy atom. The van der Waals surface area contributed by atoms with E-state index in [9.17, 15) is 9.59 Å². The van der Waals surface area contributed by atoms with E-state index in [1.54, 1.807) is 0 Å². The fourth-order valence-corrected chi connectivity index (χ4v) is 4.81. The lowest BCUT2D eigenvalue weighted by Crippen LogP contribution is -2.27. The van der Waals surface area contributed by atoms with Crippen molar-refractivity contribution in [2.75, 3.05) is 12.3 Å². The van der Waals surface area contributed by atoms with E-state index < -0.39 is 0 Å². The van der Waals surface area contributed by atoms with E-state index in [2.05, 4.69) is 46.9 Å². The molecule has 0 heterocycles. The summed E-state index contributed by atoms with van der Waals surface area (Å²) in [5.74, 6) is 1.49. The van der Waals surface area contributed by atoms with Crippen LogP contribution in [0.25, 0.3) is 0 Å². The second-order valence-electron chi connectivity index (χ2n) is 9.59. The van der Waals surface area contributed by atoms with Crippen LogP contribution in [0.15, 0.2) is 0 Å². The Hall–Kier alpha value is -0.160. The van der Waals surface area contributed by atoms with Crippen molar-refractivity contribution < 1.29 is 9.59 Å². The SMILES string of the molecule is CCC(C)(C)C(=O)CCC(C)(C)SSCCCC(=O)NCCC(C)(C)C.